The van der Waals surface area contributed by atoms with E-state index in [1.165, 1.54) is 0 Å². The van der Waals surface area contributed by atoms with Gasteiger partial charge >= 0.3 is 0 Å². The average Bonchev–Trinajstić information content (AvgIpc) is 2.81. The second kappa shape index (κ2) is 5.44. The fourth-order valence-electron chi connectivity index (χ4n) is 2.08. The Balaban J connectivity index is 1.81. The second-order valence-electron chi connectivity index (χ2n) is 4.43. The Kier molecular flexibility index (Phi) is 4.18. The summed E-state index contributed by atoms with van der Waals surface area (Å²) in [6.45, 7) is 3.05. The third kappa shape index (κ3) is 3.16. The Morgan fingerprint density at radius 3 is 2.38 bits per heavy atom. The van der Waals surface area contributed by atoms with E-state index in [1.807, 2.05) is 0 Å². The van der Waals surface area contributed by atoms with Gasteiger partial charge in [-0.1, -0.05) is 0 Å². The van der Waals surface area contributed by atoms with Gasteiger partial charge in [0.1, 0.15) is 0 Å². The predicted molar refractivity (Wildman–Crippen MR) is 59.7 cm³/mol. The average molecular weight is 249 g/mol. The summed E-state index contributed by atoms with van der Waals surface area (Å²) in [5.74, 6) is 0.342. The van der Waals surface area contributed by atoms with Gasteiger partial charge in [-0.25, -0.2) is 13.1 Å². The third-order valence-corrected chi connectivity index (χ3v) is 5.12. The highest BCUT2D eigenvalue weighted by Gasteiger charge is 2.28. The lowest BCUT2D eigenvalue weighted by Crippen LogP contribution is -2.40. The standard InChI is InChI=1S/C10H19NO4S/c12-16(13,10-2-5-14-6-3-10)11-7-9-1-4-15-8-9/h9-11H,1-8H2. The first kappa shape index (κ1) is 12.3. The minimum atomic E-state index is -3.16. The molecule has 6 heteroatoms. The molecule has 2 aliphatic rings. The smallest absolute Gasteiger partial charge is 0.214 e. The van der Waals surface area contributed by atoms with E-state index in [0.717, 1.165) is 13.0 Å². The van der Waals surface area contributed by atoms with Gasteiger partial charge in [0.05, 0.1) is 11.9 Å². The molecule has 0 bridgehead atoms. The van der Waals surface area contributed by atoms with Gasteiger partial charge in [-0.3, -0.25) is 0 Å². The fraction of sp³-hybridized carbons (Fsp3) is 1.00. The van der Waals surface area contributed by atoms with Gasteiger partial charge in [-0.05, 0) is 25.2 Å². The van der Waals surface area contributed by atoms with Gasteiger partial charge in [-0.2, -0.15) is 0 Å². The summed E-state index contributed by atoms with van der Waals surface area (Å²) < 4.78 is 37.0. The summed E-state index contributed by atoms with van der Waals surface area (Å²) in [6, 6.07) is 0. The lowest BCUT2D eigenvalue weighted by atomic mass is 10.1. The first-order valence-corrected chi connectivity index (χ1v) is 7.37. The van der Waals surface area contributed by atoms with Crippen LogP contribution < -0.4 is 4.72 Å². The summed E-state index contributed by atoms with van der Waals surface area (Å²) in [4.78, 5) is 0. The predicted octanol–water partition coefficient (Wildman–Crippen LogP) is 0.121. The van der Waals surface area contributed by atoms with E-state index in [9.17, 15) is 8.42 Å². The van der Waals surface area contributed by atoms with Crippen LogP contribution in [0.2, 0.25) is 0 Å². The molecule has 2 rings (SSSR count). The maximum absolute atomic E-state index is 11.9. The molecular formula is C10H19NO4S. The number of ether oxygens (including phenoxy) is 2. The molecule has 1 unspecified atom stereocenters. The van der Waals surface area contributed by atoms with Crippen LogP contribution in [-0.2, 0) is 19.5 Å². The van der Waals surface area contributed by atoms with Crippen molar-refractivity contribution in [1.82, 2.24) is 4.72 Å². The molecule has 0 saturated carbocycles. The van der Waals surface area contributed by atoms with E-state index in [-0.39, 0.29) is 5.25 Å². The molecule has 0 spiro atoms. The molecule has 0 aromatic carbocycles. The van der Waals surface area contributed by atoms with Crippen molar-refractivity contribution in [1.29, 1.82) is 0 Å². The quantitative estimate of drug-likeness (QED) is 0.768. The minimum Gasteiger partial charge on any atom is -0.381 e. The van der Waals surface area contributed by atoms with E-state index in [2.05, 4.69) is 4.72 Å². The van der Waals surface area contributed by atoms with Crippen molar-refractivity contribution in [3.8, 4) is 0 Å². The molecule has 16 heavy (non-hydrogen) atoms. The molecule has 2 heterocycles. The first-order chi connectivity index (χ1) is 7.68. The van der Waals surface area contributed by atoms with Crippen LogP contribution in [0.5, 0.6) is 0 Å². The molecule has 2 saturated heterocycles. The largest absolute Gasteiger partial charge is 0.381 e. The van der Waals surface area contributed by atoms with Gasteiger partial charge in [-0.15, -0.1) is 0 Å². The Labute approximate surface area is 96.5 Å². The number of sulfonamides is 1. The van der Waals surface area contributed by atoms with Crippen LogP contribution in [0.25, 0.3) is 0 Å². The summed E-state index contributed by atoms with van der Waals surface area (Å²) in [7, 11) is -3.16. The molecule has 1 N–H and O–H groups in total. The lowest BCUT2D eigenvalue weighted by molar-refractivity contribution is 0.0981. The molecule has 0 radical (unpaired) electrons. The lowest BCUT2D eigenvalue weighted by Gasteiger charge is -2.23. The van der Waals surface area contributed by atoms with Crippen LogP contribution >= 0.6 is 0 Å². The Morgan fingerprint density at radius 1 is 1.06 bits per heavy atom. The summed E-state index contributed by atoms with van der Waals surface area (Å²) in [5.41, 5.74) is 0. The van der Waals surface area contributed by atoms with Crippen LogP contribution in [0.3, 0.4) is 0 Å². The van der Waals surface area contributed by atoms with Crippen LogP contribution in [0.15, 0.2) is 0 Å². The summed E-state index contributed by atoms with van der Waals surface area (Å²) >= 11 is 0. The van der Waals surface area contributed by atoms with Crippen LogP contribution in [0.4, 0.5) is 0 Å². The van der Waals surface area contributed by atoms with Crippen molar-refractivity contribution in [2.75, 3.05) is 33.0 Å². The van der Waals surface area contributed by atoms with E-state index >= 15 is 0 Å². The zero-order valence-corrected chi connectivity index (χ0v) is 10.2. The van der Waals surface area contributed by atoms with E-state index in [1.54, 1.807) is 0 Å². The van der Waals surface area contributed by atoms with Gasteiger partial charge < -0.3 is 9.47 Å². The number of hydrogen-bond donors (Lipinski definition) is 1. The Bertz CT molecular complexity index is 305. The molecule has 0 aromatic heterocycles. The molecule has 0 aliphatic carbocycles. The molecule has 2 aliphatic heterocycles. The van der Waals surface area contributed by atoms with Gasteiger partial charge in [0, 0.05) is 26.4 Å². The zero-order chi connectivity index (χ0) is 11.4. The highest BCUT2D eigenvalue weighted by atomic mass is 32.2. The van der Waals surface area contributed by atoms with E-state index in [0.29, 0.717) is 45.1 Å². The number of hydrogen-bond acceptors (Lipinski definition) is 4. The van der Waals surface area contributed by atoms with Crippen molar-refractivity contribution < 1.29 is 17.9 Å². The summed E-state index contributed by atoms with van der Waals surface area (Å²) in [5, 5.41) is -0.274. The van der Waals surface area contributed by atoms with Gasteiger partial charge in [0.25, 0.3) is 0 Å². The topological polar surface area (TPSA) is 64.6 Å². The molecule has 0 aromatic rings. The SMILES string of the molecule is O=S(=O)(NCC1CCOC1)C1CCOCC1. The Hall–Kier alpha value is -0.170. The molecule has 5 nitrogen and oxygen atoms in total. The van der Waals surface area contributed by atoms with Crippen LogP contribution in [0, 0.1) is 5.92 Å². The van der Waals surface area contributed by atoms with E-state index in [4.69, 9.17) is 9.47 Å². The molecule has 2 fully saturated rings. The first-order valence-electron chi connectivity index (χ1n) is 5.82. The van der Waals surface area contributed by atoms with Crippen molar-refractivity contribution >= 4 is 10.0 Å². The highest BCUT2D eigenvalue weighted by molar-refractivity contribution is 7.90. The van der Waals surface area contributed by atoms with Gasteiger partial charge in [0.2, 0.25) is 10.0 Å². The minimum absolute atomic E-state index is 0.274. The van der Waals surface area contributed by atoms with Crippen molar-refractivity contribution in [2.24, 2.45) is 5.92 Å². The molecule has 94 valence electrons. The fourth-order valence-corrected chi connectivity index (χ4v) is 3.60. The monoisotopic (exact) mass is 249 g/mol. The third-order valence-electron chi connectivity index (χ3n) is 3.20. The molecular weight excluding hydrogens is 230 g/mol. The van der Waals surface area contributed by atoms with Crippen molar-refractivity contribution in [3.63, 3.8) is 0 Å². The molecule has 0 amide bonds. The summed E-state index contributed by atoms with van der Waals surface area (Å²) in [6.07, 6.45) is 2.17. The van der Waals surface area contributed by atoms with Crippen molar-refractivity contribution in [3.05, 3.63) is 0 Å². The second-order valence-corrected chi connectivity index (χ2v) is 6.48. The number of nitrogens with one attached hydrogen (secondary N) is 1. The number of rotatable bonds is 4. The van der Waals surface area contributed by atoms with E-state index < -0.39 is 10.0 Å². The maximum atomic E-state index is 11.9. The van der Waals surface area contributed by atoms with Crippen LogP contribution in [-0.4, -0.2) is 46.6 Å². The molecule has 1 atom stereocenters. The maximum Gasteiger partial charge on any atom is 0.214 e. The Morgan fingerprint density at radius 2 is 1.75 bits per heavy atom. The highest BCUT2D eigenvalue weighted by Crippen LogP contribution is 2.16. The zero-order valence-electron chi connectivity index (χ0n) is 9.35. The normalized spacial score (nSPS) is 28.4. The van der Waals surface area contributed by atoms with Crippen LogP contribution in [0.1, 0.15) is 19.3 Å². The van der Waals surface area contributed by atoms with Gasteiger partial charge in [0.15, 0.2) is 0 Å². The van der Waals surface area contributed by atoms with Crippen molar-refractivity contribution in [2.45, 2.75) is 24.5 Å².